The molecule has 0 radical (unpaired) electrons. The van der Waals surface area contributed by atoms with Gasteiger partial charge in [-0.3, -0.25) is 9.78 Å². The van der Waals surface area contributed by atoms with E-state index >= 15 is 0 Å². The number of rotatable bonds is 7. The number of amides is 1. The first-order chi connectivity index (χ1) is 19.2. The van der Waals surface area contributed by atoms with Gasteiger partial charge in [0.1, 0.15) is 17.0 Å². The molecule has 2 saturated heterocycles. The van der Waals surface area contributed by atoms with Crippen molar-refractivity contribution in [3.8, 4) is 11.5 Å². The van der Waals surface area contributed by atoms with Crippen LogP contribution < -0.4 is 5.73 Å². The lowest BCUT2D eigenvalue weighted by Crippen LogP contribution is -2.45. The minimum absolute atomic E-state index is 0.137. The Morgan fingerprint density at radius 1 is 0.897 bits per heavy atom. The minimum atomic E-state index is 0.137. The van der Waals surface area contributed by atoms with E-state index in [1.807, 2.05) is 48.7 Å². The smallest absolute Gasteiger partial charge is 0.225 e. The van der Waals surface area contributed by atoms with Crippen LogP contribution in [0.3, 0.4) is 0 Å². The Labute approximate surface area is 229 Å². The molecular formula is C30H36N8O. The van der Waals surface area contributed by atoms with Gasteiger partial charge in [0.05, 0.1) is 0 Å². The zero-order chi connectivity index (χ0) is 26.6. The van der Waals surface area contributed by atoms with Gasteiger partial charge in [-0.2, -0.15) is 0 Å². The van der Waals surface area contributed by atoms with Crippen LogP contribution in [0, 0.1) is 5.92 Å². The number of nitrogen functional groups attached to an aromatic ring is 1. The van der Waals surface area contributed by atoms with E-state index in [2.05, 4.69) is 29.3 Å². The minimum Gasteiger partial charge on any atom is -0.384 e. The second-order valence-electron chi connectivity index (χ2n) is 10.7. The molecule has 0 atom stereocenters. The number of aromatic nitrogens is 5. The molecule has 0 saturated carbocycles. The number of hydrogen-bond acceptors (Lipinski definition) is 7. The van der Waals surface area contributed by atoms with E-state index in [1.165, 1.54) is 5.56 Å². The molecule has 9 heteroatoms. The van der Waals surface area contributed by atoms with Crippen LogP contribution in [0.25, 0.3) is 22.7 Å². The molecule has 9 nitrogen and oxygen atoms in total. The van der Waals surface area contributed by atoms with Gasteiger partial charge in [-0.1, -0.05) is 6.07 Å². The van der Waals surface area contributed by atoms with Gasteiger partial charge < -0.3 is 20.1 Å². The highest BCUT2D eigenvalue weighted by Crippen LogP contribution is 2.33. The average Bonchev–Trinajstić information content (AvgIpc) is 3.38. The quantitative estimate of drug-likeness (QED) is 0.390. The van der Waals surface area contributed by atoms with Gasteiger partial charge in [0.15, 0.2) is 11.5 Å². The molecule has 1 amide bonds. The first-order valence-electron chi connectivity index (χ1n) is 14.1. The first kappa shape index (κ1) is 25.4. The third-order valence-corrected chi connectivity index (χ3v) is 8.21. The monoisotopic (exact) mass is 524 g/mol. The van der Waals surface area contributed by atoms with Crippen molar-refractivity contribution >= 4 is 22.9 Å². The largest absolute Gasteiger partial charge is 0.384 e. The average molecular weight is 525 g/mol. The highest BCUT2D eigenvalue weighted by atomic mass is 16.2. The Bertz CT molecular complexity index is 1410. The number of fused-ring (bicyclic) bond motifs is 1. The molecule has 6 rings (SSSR count). The number of piperidine rings is 2. The lowest BCUT2D eigenvalue weighted by Gasteiger charge is -2.38. The molecule has 6 heterocycles. The van der Waals surface area contributed by atoms with Crippen molar-refractivity contribution < 1.29 is 4.79 Å². The van der Waals surface area contributed by atoms with E-state index in [4.69, 9.17) is 10.7 Å². The molecule has 202 valence electrons. The second-order valence-corrected chi connectivity index (χ2v) is 10.7. The molecule has 2 N–H and O–H groups in total. The fraction of sp³-hybridized carbons (Fsp3) is 0.433. The Morgan fingerprint density at radius 2 is 1.72 bits per heavy atom. The normalized spacial score (nSPS) is 17.6. The molecule has 39 heavy (non-hydrogen) atoms. The summed E-state index contributed by atoms with van der Waals surface area (Å²) in [5.74, 6) is 1.91. The summed E-state index contributed by atoms with van der Waals surface area (Å²) in [7, 11) is 0. The summed E-state index contributed by atoms with van der Waals surface area (Å²) in [6, 6.07) is 14.1. The van der Waals surface area contributed by atoms with E-state index < -0.39 is 0 Å². The summed E-state index contributed by atoms with van der Waals surface area (Å²) in [5.41, 5.74) is 9.66. The number of carbonyl (C=O) groups excluding carboxylic acids is 1. The molecule has 0 bridgehead atoms. The third kappa shape index (κ3) is 5.63. The van der Waals surface area contributed by atoms with Gasteiger partial charge in [-0.05, 0) is 100 Å². The summed E-state index contributed by atoms with van der Waals surface area (Å²) in [5, 5.41) is 0. The second kappa shape index (κ2) is 11.5. The number of hydrogen-bond donors (Lipinski definition) is 1. The summed E-state index contributed by atoms with van der Waals surface area (Å²) < 4.78 is 2.25. The fourth-order valence-electron chi connectivity index (χ4n) is 6.11. The van der Waals surface area contributed by atoms with Gasteiger partial charge in [0.25, 0.3) is 0 Å². The maximum atomic E-state index is 13.4. The van der Waals surface area contributed by atoms with Crippen LogP contribution in [0.15, 0.2) is 61.1 Å². The van der Waals surface area contributed by atoms with Crippen molar-refractivity contribution in [2.75, 3.05) is 38.5 Å². The van der Waals surface area contributed by atoms with Crippen LogP contribution in [0.5, 0.6) is 0 Å². The van der Waals surface area contributed by atoms with Crippen molar-refractivity contribution in [1.82, 2.24) is 34.3 Å². The third-order valence-electron chi connectivity index (χ3n) is 8.21. The Morgan fingerprint density at radius 3 is 2.49 bits per heavy atom. The number of pyridine rings is 3. The van der Waals surface area contributed by atoms with Crippen LogP contribution >= 0.6 is 0 Å². The SMILES string of the molecule is Nc1cc(CCCN2CCC(C(=O)N3CCC(n4c(-c5ccccn5)nc5cccnc54)CC3)CC2)ccn1. The molecular weight excluding hydrogens is 488 g/mol. The van der Waals surface area contributed by atoms with Gasteiger partial charge in [-0.25, -0.2) is 15.0 Å². The van der Waals surface area contributed by atoms with E-state index in [0.717, 1.165) is 93.9 Å². The lowest BCUT2D eigenvalue weighted by molar-refractivity contribution is -0.138. The molecule has 0 spiro atoms. The molecule has 2 aliphatic rings. The van der Waals surface area contributed by atoms with Crippen LogP contribution in [-0.2, 0) is 11.2 Å². The van der Waals surface area contributed by atoms with Crippen molar-refractivity contribution in [3.05, 3.63) is 66.6 Å². The highest BCUT2D eigenvalue weighted by Gasteiger charge is 2.32. The van der Waals surface area contributed by atoms with Crippen LogP contribution in [0.1, 0.15) is 43.7 Å². The van der Waals surface area contributed by atoms with Crippen LogP contribution in [0.2, 0.25) is 0 Å². The van der Waals surface area contributed by atoms with Gasteiger partial charge >= 0.3 is 0 Å². The Kier molecular flexibility index (Phi) is 7.49. The number of nitrogens with two attached hydrogens (primary N) is 1. The van der Waals surface area contributed by atoms with Crippen LogP contribution in [0.4, 0.5) is 5.82 Å². The molecule has 4 aromatic rings. The van der Waals surface area contributed by atoms with Crippen molar-refractivity contribution in [2.45, 2.75) is 44.6 Å². The van der Waals surface area contributed by atoms with Crippen LogP contribution in [-0.4, -0.2) is 72.9 Å². The maximum Gasteiger partial charge on any atom is 0.225 e. The number of likely N-dealkylation sites (tertiary alicyclic amines) is 2. The molecule has 0 aliphatic carbocycles. The zero-order valence-electron chi connectivity index (χ0n) is 22.3. The lowest BCUT2D eigenvalue weighted by atomic mass is 9.93. The Hall–Kier alpha value is -3.85. The molecule has 2 aliphatic heterocycles. The Balaban J connectivity index is 1.03. The molecule has 4 aromatic heterocycles. The summed E-state index contributed by atoms with van der Waals surface area (Å²) >= 11 is 0. The number of nitrogens with zero attached hydrogens (tertiary/aromatic N) is 7. The molecule has 2 fully saturated rings. The van der Waals surface area contributed by atoms with Crippen molar-refractivity contribution in [2.24, 2.45) is 5.92 Å². The van der Waals surface area contributed by atoms with E-state index in [0.29, 0.717) is 11.7 Å². The highest BCUT2D eigenvalue weighted by molar-refractivity contribution is 5.79. The number of imidazole rings is 1. The van der Waals surface area contributed by atoms with Gasteiger partial charge in [-0.15, -0.1) is 0 Å². The van der Waals surface area contributed by atoms with E-state index in [9.17, 15) is 4.79 Å². The molecule has 0 unspecified atom stereocenters. The first-order valence-corrected chi connectivity index (χ1v) is 14.1. The van der Waals surface area contributed by atoms with E-state index in [-0.39, 0.29) is 12.0 Å². The number of anilines is 1. The van der Waals surface area contributed by atoms with Gasteiger partial charge in [0.2, 0.25) is 5.91 Å². The van der Waals surface area contributed by atoms with Crippen molar-refractivity contribution in [3.63, 3.8) is 0 Å². The topological polar surface area (TPSA) is 106 Å². The van der Waals surface area contributed by atoms with Gasteiger partial charge in [0, 0.05) is 43.6 Å². The summed E-state index contributed by atoms with van der Waals surface area (Å²) in [4.78, 5) is 36.2. The fourth-order valence-corrected chi connectivity index (χ4v) is 6.11. The predicted octanol–water partition coefficient (Wildman–Crippen LogP) is 3.98. The zero-order valence-corrected chi connectivity index (χ0v) is 22.3. The maximum absolute atomic E-state index is 13.4. The number of carbonyl (C=O) groups is 1. The van der Waals surface area contributed by atoms with E-state index in [1.54, 1.807) is 12.4 Å². The summed E-state index contributed by atoms with van der Waals surface area (Å²) in [6.07, 6.45) is 11.2. The number of aryl methyl sites for hydroxylation is 1. The summed E-state index contributed by atoms with van der Waals surface area (Å²) in [6.45, 7) is 4.58. The van der Waals surface area contributed by atoms with Crippen molar-refractivity contribution in [1.29, 1.82) is 0 Å². The molecule has 0 aromatic carbocycles. The standard InChI is InChI=1S/C30H36N8O/c31-27-21-22(8-15-33-27)5-4-16-36-17-9-23(10-18-36)30(39)37-19-11-24(12-20-37)38-28-26(7-3-14-34-28)35-29(38)25-6-1-2-13-32-25/h1-3,6-8,13-15,21,23-24H,4-5,9-12,16-20H2,(H2,31,33). The predicted molar refractivity (Wildman–Crippen MR) is 152 cm³/mol.